The van der Waals surface area contributed by atoms with Crippen LogP contribution in [0.2, 0.25) is 0 Å². The normalized spacial score (nSPS) is 17.8. The Morgan fingerprint density at radius 3 is 2.85 bits per heavy atom. The van der Waals surface area contributed by atoms with Crippen molar-refractivity contribution in [2.45, 2.75) is 18.9 Å². The molecule has 3 aromatic rings. The molecule has 1 atom stereocenters. The standard InChI is InChI=1S/C18H20BrN5O2/c1-23-6-2-4-15(23)16-5-3-7-24(16)10-17(25)20-12-9-14-13(8-11(12)19)21-18(26)22-14/h2,4,6,8-9,16H,3,5,7,10H2,1H3,(H,20,25)(H2,21,22,26)/t16-/m1/s1. The fraction of sp³-hybridized carbons (Fsp3) is 0.333. The summed E-state index contributed by atoms with van der Waals surface area (Å²) in [5.74, 6) is -0.0657. The van der Waals surface area contributed by atoms with Gasteiger partial charge >= 0.3 is 5.69 Å². The van der Waals surface area contributed by atoms with Crippen LogP contribution >= 0.6 is 15.9 Å². The second-order valence-electron chi connectivity index (χ2n) is 6.68. The molecular formula is C18H20BrN5O2. The van der Waals surface area contributed by atoms with Crippen LogP contribution in [0.1, 0.15) is 24.6 Å². The molecule has 8 heteroatoms. The number of amides is 1. The molecule has 0 spiro atoms. The number of halogens is 1. The van der Waals surface area contributed by atoms with Crippen LogP contribution in [0, 0.1) is 0 Å². The molecular weight excluding hydrogens is 398 g/mol. The molecule has 3 N–H and O–H groups in total. The second kappa shape index (κ2) is 6.77. The Balaban J connectivity index is 1.49. The van der Waals surface area contributed by atoms with Crippen LogP contribution in [0.25, 0.3) is 11.0 Å². The Hall–Kier alpha value is -2.32. The molecule has 1 aliphatic heterocycles. The van der Waals surface area contributed by atoms with E-state index in [1.807, 2.05) is 19.3 Å². The molecule has 0 radical (unpaired) electrons. The molecule has 4 rings (SSSR count). The fourth-order valence-corrected chi connectivity index (χ4v) is 4.14. The summed E-state index contributed by atoms with van der Waals surface area (Å²) in [7, 11) is 2.04. The summed E-state index contributed by atoms with van der Waals surface area (Å²) in [5, 5.41) is 2.95. The molecule has 2 aromatic heterocycles. The number of hydrogen-bond acceptors (Lipinski definition) is 3. The second-order valence-corrected chi connectivity index (χ2v) is 7.53. The monoisotopic (exact) mass is 417 g/mol. The summed E-state index contributed by atoms with van der Waals surface area (Å²) in [6.45, 7) is 1.25. The van der Waals surface area contributed by atoms with E-state index in [1.165, 1.54) is 5.69 Å². The van der Waals surface area contributed by atoms with Gasteiger partial charge in [0, 0.05) is 23.4 Å². The SMILES string of the molecule is Cn1cccc1[C@H]1CCCN1CC(=O)Nc1cc2[nH]c(=O)[nH]c2cc1Br. The zero-order chi connectivity index (χ0) is 18.3. The number of aromatic nitrogens is 3. The first-order valence-electron chi connectivity index (χ1n) is 8.58. The van der Waals surface area contributed by atoms with Gasteiger partial charge in [0.15, 0.2) is 0 Å². The minimum Gasteiger partial charge on any atom is -0.353 e. The number of H-pyrrole nitrogens is 2. The first-order valence-corrected chi connectivity index (χ1v) is 9.37. The maximum absolute atomic E-state index is 12.6. The minimum absolute atomic E-state index is 0.0657. The van der Waals surface area contributed by atoms with E-state index < -0.39 is 0 Å². The number of imidazole rings is 1. The van der Waals surface area contributed by atoms with Crippen molar-refractivity contribution in [1.82, 2.24) is 19.4 Å². The highest BCUT2D eigenvalue weighted by atomic mass is 79.9. The smallest absolute Gasteiger partial charge is 0.323 e. The Morgan fingerprint density at radius 1 is 1.35 bits per heavy atom. The molecule has 3 heterocycles. The summed E-state index contributed by atoms with van der Waals surface area (Å²) >= 11 is 3.45. The molecule has 0 bridgehead atoms. The van der Waals surface area contributed by atoms with Crippen LogP contribution in [-0.4, -0.2) is 38.4 Å². The number of fused-ring (bicyclic) bond motifs is 1. The van der Waals surface area contributed by atoms with Crippen LogP contribution < -0.4 is 11.0 Å². The predicted octanol–water partition coefficient (Wildman–Crippen LogP) is 2.73. The van der Waals surface area contributed by atoms with Gasteiger partial charge in [-0.15, -0.1) is 0 Å². The van der Waals surface area contributed by atoms with Crippen molar-refractivity contribution in [3.8, 4) is 0 Å². The quantitative estimate of drug-likeness (QED) is 0.609. The van der Waals surface area contributed by atoms with Gasteiger partial charge in [0.25, 0.3) is 0 Å². The third kappa shape index (κ3) is 3.22. The van der Waals surface area contributed by atoms with E-state index in [2.05, 4.69) is 46.7 Å². The number of aryl methyl sites for hydroxylation is 1. The van der Waals surface area contributed by atoms with Crippen molar-refractivity contribution in [1.29, 1.82) is 0 Å². The van der Waals surface area contributed by atoms with Gasteiger partial charge in [-0.2, -0.15) is 0 Å². The molecule has 1 aromatic carbocycles. The first kappa shape index (κ1) is 17.1. The largest absolute Gasteiger partial charge is 0.353 e. The predicted molar refractivity (Wildman–Crippen MR) is 104 cm³/mol. The third-order valence-corrected chi connectivity index (χ3v) is 5.57. The lowest BCUT2D eigenvalue weighted by Crippen LogP contribution is -2.33. The van der Waals surface area contributed by atoms with Crippen molar-refractivity contribution in [2.75, 3.05) is 18.4 Å². The summed E-state index contributed by atoms with van der Waals surface area (Å²) in [5.41, 5.74) is 2.98. The molecule has 0 aliphatic carbocycles. The third-order valence-electron chi connectivity index (χ3n) is 4.91. The lowest BCUT2D eigenvalue weighted by molar-refractivity contribution is -0.117. The van der Waals surface area contributed by atoms with Gasteiger partial charge in [0.2, 0.25) is 5.91 Å². The molecule has 26 heavy (non-hydrogen) atoms. The highest BCUT2D eigenvalue weighted by molar-refractivity contribution is 9.10. The first-order chi connectivity index (χ1) is 12.5. The fourth-order valence-electron chi connectivity index (χ4n) is 3.70. The van der Waals surface area contributed by atoms with Crippen molar-refractivity contribution < 1.29 is 4.79 Å². The number of nitrogens with one attached hydrogen (secondary N) is 3. The zero-order valence-electron chi connectivity index (χ0n) is 14.4. The van der Waals surface area contributed by atoms with Gasteiger partial charge in [-0.05, 0) is 59.6 Å². The number of carbonyl (C=O) groups excluding carboxylic acids is 1. The Kier molecular flexibility index (Phi) is 4.46. The van der Waals surface area contributed by atoms with E-state index in [4.69, 9.17) is 0 Å². The number of rotatable bonds is 4. The molecule has 7 nitrogen and oxygen atoms in total. The number of nitrogens with zero attached hydrogens (tertiary/aromatic N) is 2. The Labute approximate surface area is 158 Å². The van der Waals surface area contributed by atoms with Crippen molar-refractivity contribution >= 4 is 38.6 Å². The average Bonchev–Trinajstić information content (AvgIpc) is 3.27. The van der Waals surface area contributed by atoms with E-state index in [9.17, 15) is 9.59 Å². The van der Waals surface area contributed by atoms with Gasteiger partial charge in [-0.3, -0.25) is 9.69 Å². The average molecular weight is 418 g/mol. The molecule has 1 amide bonds. The number of anilines is 1. The van der Waals surface area contributed by atoms with E-state index in [0.717, 1.165) is 23.9 Å². The van der Waals surface area contributed by atoms with Gasteiger partial charge in [-0.1, -0.05) is 0 Å². The summed E-state index contributed by atoms with van der Waals surface area (Å²) in [6.07, 6.45) is 4.19. The van der Waals surface area contributed by atoms with Gasteiger partial charge in [0.1, 0.15) is 0 Å². The Bertz CT molecular complexity index is 1020. The van der Waals surface area contributed by atoms with Crippen LogP contribution in [-0.2, 0) is 11.8 Å². The number of aromatic amines is 2. The topological polar surface area (TPSA) is 85.9 Å². The number of benzene rings is 1. The van der Waals surface area contributed by atoms with Crippen molar-refractivity contribution in [3.05, 3.63) is 51.1 Å². The lowest BCUT2D eigenvalue weighted by atomic mass is 10.1. The Morgan fingerprint density at radius 2 is 2.12 bits per heavy atom. The van der Waals surface area contributed by atoms with Crippen molar-refractivity contribution in [2.24, 2.45) is 7.05 Å². The van der Waals surface area contributed by atoms with Gasteiger partial charge in [-0.25, -0.2) is 4.79 Å². The molecule has 136 valence electrons. The van der Waals surface area contributed by atoms with Gasteiger partial charge < -0.3 is 19.9 Å². The molecule has 1 aliphatic rings. The maximum Gasteiger partial charge on any atom is 0.323 e. The van der Waals surface area contributed by atoms with E-state index in [1.54, 1.807) is 12.1 Å². The van der Waals surface area contributed by atoms with E-state index in [0.29, 0.717) is 23.3 Å². The molecule has 0 saturated carbocycles. The molecule has 1 saturated heterocycles. The van der Waals surface area contributed by atoms with E-state index >= 15 is 0 Å². The lowest BCUT2D eigenvalue weighted by Gasteiger charge is -2.24. The van der Waals surface area contributed by atoms with Gasteiger partial charge in [0.05, 0.1) is 29.3 Å². The van der Waals surface area contributed by atoms with E-state index in [-0.39, 0.29) is 17.6 Å². The zero-order valence-corrected chi connectivity index (χ0v) is 16.0. The number of hydrogen-bond donors (Lipinski definition) is 3. The van der Waals surface area contributed by atoms with Crippen LogP contribution in [0.5, 0.6) is 0 Å². The maximum atomic E-state index is 12.6. The summed E-state index contributed by atoms with van der Waals surface area (Å²) in [6, 6.07) is 7.97. The van der Waals surface area contributed by atoms with Crippen LogP contribution in [0.3, 0.4) is 0 Å². The minimum atomic E-state index is -0.266. The van der Waals surface area contributed by atoms with Crippen LogP contribution in [0.15, 0.2) is 39.7 Å². The van der Waals surface area contributed by atoms with Crippen molar-refractivity contribution in [3.63, 3.8) is 0 Å². The number of likely N-dealkylation sites (tertiary alicyclic amines) is 1. The molecule has 1 fully saturated rings. The van der Waals surface area contributed by atoms with Crippen LogP contribution in [0.4, 0.5) is 5.69 Å². The summed E-state index contributed by atoms with van der Waals surface area (Å²) in [4.78, 5) is 31.6. The number of carbonyl (C=O) groups is 1. The highest BCUT2D eigenvalue weighted by Gasteiger charge is 2.29. The highest BCUT2D eigenvalue weighted by Crippen LogP contribution is 2.32. The molecule has 0 unspecified atom stereocenters. The summed E-state index contributed by atoms with van der Waals surface area (Å²) < 4.78 is 2.85.